The molecular formula is C13H11Cl2N3O2S. The van der Waals surface area contributed by atoms with Crippen molar-refractivity contribution in [3.05, 3.63) is 33.8 Å². The molecule has 1 heterocycles. The van der Waals surface area contributed by atoms with Gasteiger partial charge in [0.05, 0.1) is 27.7 Å². The predicted octanol–water partition coefficient (Wildman–Crippen LogP) is 2.21. The maximum atomic E-state index is 11.9. The van der Waals surface area contributed by atoms with Crippen molar-refractivity contribution >= 4 is 46.8 Å². The van der Waals surface area contributed by atoms with Gasteiger partial charge >= 0.3 is 0 Å². The zero-order chi connectivity index (χ0) is 15.4. The third kappa shape index (κ3) is 3.82. The van der Waals surface area contributed by atoms with E-state index in [0.29, 0.717) is 22.2 Å². The van der Waals surface area contributed by atoms with Crippen molar-refractivity contribution in [2.75, 3.05) is 18.2 Å². The second kappa shape index (κ2) is 7.03. The van der Waals surface area contributed by atoms with Crippen LogP contribution in [0.3, 0.4) is 0 Å². The topological polar surface area (TPSA) is 73.2 Å². The number of carbonyl (C=O) groups is 2. The molecule has 5 nitrogen and oxygen atoms in total. The van der Waals surface area contributed by atoms with Crippen molar-refractivity contribution in [1.29, 1.82) is 5.26 Å². The van der Waals surface area contributed by atoms with Gasteiger partial charge in [-0.15, -0.1) is 11.8 Å². The van der Waals surface area contributed by atoms with Crippen LogP contribution in [-0.4, -0.2) is 34.9 Å². The summed E-state index contributed by atoms with van der Waals surface area (Å²) < 4.78 is 0. The Morgan fingerprint density at radius 2 is 2.29 bits per heavy atom. The monoisotopic (exact) mass is 343 g/mol. The molecule has 2 amide bonds. The van der Waals surface area contributed by atoms with Crippen LogP contribution in [-0.2, 0) is 9.59 Å². The lowest BCUT2D eigenvalue weighted by atomic mass is 10.1. The third-order valence-corrected chi connectivity index (χ3v) is 4.67. The number of halogens is 2. The molecule has 0 radical (unpaired) electrons. The van der Waals surface area contributed by atoms with Crippen molar-refractivity contribution in [1.82, 2.24) is 10.2 Å². The zero-order valence-electron chi connectivity index (χ0n) is 10.8. The fourth-order valence-electron chi connectivity index (χ4n) is 1.84. The quantitative estimate of drug-likeness (QED) is 0.909. The van der Waals surface area contributed by atoms with Gasteiger partial charge in [-0.05, 0) is 6.07 Å². The van der Waals surface area contributed by atoms with Gasteiger partial charge in [0.25, 0.3) is 0 Å². The van der Waals surface area contributed by atoms with E-state index in [9.17, 15) is 14.9 Å². The molecule has 1 N–H and O–H groups in total. The second-order valence-corrected chi connectivity index (χ2v) is 6.08. The van der Waals surface area contributed by atoms with Crippen LogP contribution in [0.2, 0.25) is 10.0 Å². The molecule has 1 aliphatic heterocycles. The first-order valence-electron chi connectivity index (χ1n) is 6.01. The predicted molar refractivity (Wildman–Crippen MR) is 82.0 cm³/mol. The van der Waals surface area contributed by atoms with E-state index in [-0.39, 0.29) is 17.5 Å². The Bertz CT molecular complexity index is 618. The normalized spacial score (nSPS) is 15.7. The highest BCUT2D eigenvalue weighted by Gasteiger charge is 2.25. The number of carbonyl (C=O) groups excluding carboxylic acids is 2. The summed E-state index contributed by atoms with van der Waals surface area (Å²) in [5, 5.41) is 12.3. The van der Waals surface area contributed by atoms with Crippen LogP contribution in [0.15, 0.2) is 18.2 Å². The summed E-state index contributed by atoms with van der Waals surface area (Å²) in [5.74, 6) is 0.383. The first kappa shape index (κ1) is 16.0. The van der Waals surface area contributed by atoms with Gasteiger partial charge in [-0.25, -0.2) is 0 Å². The van der Waals surface area contributed by atoms with Crippen LogP contribution >= 0.6 is 35.0 Å². The molecule has 1 aromatic rings. The standard InChI is InChI=1S/C13H11Cl2N3O2S/c14-9-3-1-2-8(13(9)15)10(4-16)17-11(19)5-18-7-21-6-12(18)20/h1-3,10H,5-7H2,(H,17,19). The molecule has 0 aliphatic carbocycles. The minimum absolute atomic E-state index is 0.0673. The van der Waals surface area contributed by atoms with Crippen molar-refractivity contribution < 1.29 is 9.59 Å². The van der Waals surface area contributed by atoms with Gasteiger partial charge in [0.2, 0.25) is 11.8 Å². The Morgan fingerprint density at radius 1 is 1.52 bits per heavy atom. The Hall–Kier alpha value is -1.42. The smallest absolute Gasteiger partial charge is 0.240 e. The van der Waals surface area contributed by atoms with E-state index in [2.05, 4.69) is 5.32 Å². The van der Waals surface area contributed by atoms with E-state index in [4.69, 9.17) is 23.2 Å². The SMILES string of the molecule is N#CC(NC(=O)CN1CSCC1=O)c1cccc(Cl)c1Cl. The molecule has 1 aliphatic rings. The molecule has 8 heteroatoms. The molecule has 0 bridgehead atoms. The molecule has 1 saturated heterocycles. The van der Waals surface area contributed by atoms with Crippen LogP contribution < -0.4 is 5.32 Å². The highest BCUT2D eigenvalue weighted by atomic mass is 35.5. The van der Waals surface area contributed by atoms with E-state index in [0.717, 1.165) is 0 Å². The van der Waals surface area contributed by atoms with E-state index in [1.165, 1.54) is 16.7 Å². The lowest BCUT2D eigenvalue weighted by Crippen LogP contribution is -2.39. The fraction of sp³-hybridized carbons (Fsp3) is 0.308. The summed E-state index contributed by atoms with van der Waals surface area (Å²) in [6.07, 6.45) is 0. The van der Waals surface area contributed by atoms with Gasteiger partial charge < -0.3 is 10.2 Å². The minimum atomic E-state index is -0.908. The summed E-state index contributed by atoms with van der Waals surface area (Å²) >= 11 is 13.4. The molecule has 1 atom stereocenters. The average Bonchev–Trinajstić information content (AvgIpc) is 2.85. The molecule has 1 unspecified atom stereocenters. The summed E-state index contributed by atoms with van der Waals surface area (Å²) in [6.45, 7) is -0.0673. The lowest BCUT2D eigenvalue weighted by molar-refractivity contribution is -0.132. The van der Waals surface area contributed by atoms with Crippen molar-refractivity contribution in [3.8, 4) is 6.07 Å². The Labute approximate surface area is 136 Å². The average molecular weight is 344 g/mol. The summed E-state index contributed by atoms with van der Waals surface area (Å²) in [6, 6.07) is 5.94. The number of nitrogens with zero attached hydrogens (tertiary/aromatic N) is 2. The number of hydrogen-bond donors (Lipinski definition) is 1. The van der Waals surface area contributed by atoms with E-state index in [1.54, 1.807) is 18.2 Å². The first-order chi connectivity index (χ1) is 10.0. The second-order valence-electron chi connectivity index (χ2n) is 4.34. The van der Waals surface area contributed by atoms with Gasteiger partial charge in [0, 0.05) is 5.56 Å². The van der Waals surface area contributed by atoms with Crippen LogP contribution in [0.5, 0.6) is 0 Å². The van der Waals surface area contributed by atoms with Crippen LogP contribution in [0, 0.1) is 11.3 Å². The molecule has 1 aromatic carbocycles. The van der Waals surface area contributed by atoms with Gasteiger partial charge in [-0.2, -0.15) is 5.26 Å². The summed E-state index contributed by atoms with van der Waals surface area (Å²) in [7, 11) is 0. The van der Waals surface area contributed by atoms with E-state index >= 15 is 0 Å². The zero-order valence-corrected chi connectivity index (χ0v) is 13.1. The number of nitriles is 1. The number of amides is 2. The molecular weight excluding hydrogens is 333 g/mol. The Kier molecular flexibility index (Phi) is 5.34. The van der Waals surface area contributed by atoms with Gasteiger partial charge in [-0.3, -0.25) is 9.59 Å². The molecule has 0 spiro atoms. The van der Waals surface area contributed by atoms with Crippen LogP contribution in [0.1, 0.15) is 11.6 Å². The van der Waals surface area contributed by atoms with Gasteiger partial charge in [0.1, 0.15) is 12.6 Å². The van der Waals surface area contributed by atoms with Crippen LogP contribution in [0.25, 0.3) is 0 Å². The van der Waals surface area contributed by atoms with Crippen LogP contribution in [0.4, 0.5) is 0 Å². The summed E-state index contributed by atoms with van der Waals surface area (Å²) in [4.78, 5) is 24.8. The third-order valence-electron chi connectivity index (χ3n) is 2.89. The largest absolute Gasteiger partial charge is 0.335 e. The molecule has 2 rings (SSSR count). The molecule has 1 fully saturated rings. The number of benzene rings is 1. The molecule has 0 saturated carbocycles. The highest BCUT2D eigenvalue weighted by molar-refractivity contribution is 8.00. The van der Waals surface area contributed by atoms with E-state index in [1.807, 2.05) is 6.07 Å². The van der Waals surface area contributed by atoms with Crippen molar-refractivity contribution in [2.45, 2.75) is 6.04 Å². The highest BCUT2D eigenvalue weighted by Crippen LogP contribution is 2.29. The minimum Gasteiger partial charge on any atom is -0.335 e. The van der Waals surface area contributed by atoms with Gasteiger partial charge in [0.15, 0.2) is 0 Å². The maximum absolute atomic E-state index is 11.9. The Balaban J connectivity index is 2.05. The summed E-state index contributed by atoms with van der Waals surface area (Å²) in [5.41, 5.74) is 0.433. The number of rotatable bonds is 4. The number of nitrogens with one attached hydrogen (secondary N) is 1. The molecule has 0 aromatic heterocycles. The van der Waals surface area contributed by atoms with Crippen molar-refractivity contribution in [2.24, 2.45) is 0 Å². The van der Waals surface area contributed by atoms with Crippen molar-refractivity contribution in [3.63, 3.8) is 0 Å². The fourth-order valence-corrected chi connectivity index (χ4v) is 3.16. The number of hydrogen-bond acceptors (Lipinski definition) is 4. The Morgan fingerprint density at radius 3 is 2.90 bits per heavy atom. The molecule has 110 valence electrons. The molecule has 21 heavy (non-hydrogen) atoms. The van der Waals surface area contributed by atoms with Gasteiger partial charge in [-0.1, -0.05) is 35.3 Å². The number of thioether (sulfide) groups is 1. The first-order valence-corrected chi connectivity index (χ1v) is 7.92. The van der Waals surface area contributed by atoms with E-state index < -0.39 is 11.9 Å². The maximum Gasteiger partial charge on any atom is 0.240 e. The lowest BCUT2D eigenvalue weighted by Gasteiger charge is -2.17.